The molecule has 32 heavy (non-hydrogen) atoms. The normalized spacial score (nSPS) is 17.7. The van der Waals surface area contributed by atoms with Gasteiger partial charge in [0.1, 0.15) is 16.5 Å². The van der Waals surface area contributed by atoms with Gasteiger partial charge in [0.25, 0.3) is 0 Å². The summed E-state index contributed by atoms with van der Waals surface area (Å²) in [6.45, 7) is 2.53. The van der Waals surface area contributed by atoms with Gasteiger partial charge in [0, 0.05) is 22.6 Å². The van der Waals surface area contributed by atoms with Gasteiger partial charge < -0.3 is 9.47 Å². The van der Waals surface area contributed by atoms with Crippen LogP contribution in [0.5, 0.6) is 11.5 Å². The average Bonchev–Trinajstić information content (AvgIpc) is 3.25. The second-order valence-corrected chi connectivity index (χ2v) is 9.81. The molecule has 0 aromatic heterocycles. The molecule has 2 aliphatic heterocycles. The van der Waals surface area contributed by atoms with Crippen molar-refractivity contribution >= 4 is 39.5 Å². The van der Waals surface area contributed by atoms with Crippen LogP contribution >= 0.6 is 23.5 Å². The monoisotopic (exact) mass is 468 g/mol. The number of carbonyl (C=O) groups excluding carboxylic acids is 2. The quantitative estimate of drug-likeness (QED) is 0.525. The van der Waals surface area contributed by atoms with E-state index in [1.807, 2.05) is 5.01 Å². The van der Waals surface area contributed by atoms with Crippen molar-refractivity contribution in [2.45, 2.75) is 13.3 Å². The highest BCUT2D eigenvalue weighted by molar-refractivity contribution is 8.40. The first-order chi connectivity index (χ1) is 15.5. The van der Waals surface area contributed by atoms with E-state index >= 15 is 0 Å². The Kier molecular flexibility index (Phi) is 6.91. The van der Waals surface area contributed by atoms with Gasteiger partial charge in [-0.1, -0.05) is 18.7 Å². The van der Waals surface area contributed by atoms with Crippen molar-refractivity contribution in [3.05, 3.63) is 70.3 Å². The Balaban J connectivity index is 1.65. The zero-order chi connectivity index (χ0) is 22.7. The maximum atomic E-state index is 13.5. The van der Waals surface area contributed by atoms with E-state index in [9.17, 15) is 9.59 Å². The molecule has 166 valence electrons. The van der Waals surface area contributed by atoms with E-state index in [1.165, 1.54) is 11.8 Å². The minimum atomic E-state index is -0.361. The third-order valence-electron chi connectivity index (χ3n) is 5.36. The molecule has 2 heterocycles. The summed E-state index contributed by atoms with van der Waals surface area (Å²) in [4.78, 5) is 26.8. The molecule has 0 unspecified atom stereocenters. The van der Waals surface area contributed by atoms with Crippen LogP contribution in [0.2, 0.25) is 0 Å². The SMILES string of the molecule is CCSC1=NN2C[C@H](C(=O)c3ccc(OC)cc3)CC(C(=O)c3ccc(OC)cc3)=C2S1. The molecule has 0 bridgehead atoms. The van der Waals surface area contributed by atoms with E-state index in [-0.39, 0.29) is 17.5 Å². The summed E-state index contributed by atoms with van der Waals surface area (Å²) in [5, 5.41) is 7.34. The Morgan fingerprint density at radius 2 is 1.62 bits per heavy atom. The van der Waals surface area contributed by atoms with Crippen LogP contribution in [0.15, 0.2) is 64.2 Å². The molecule has 2 aliphatic rings. The van der Waals surface area contributed by atoms with Gasteiger partial charge in [0.05, 0.1) is 20.8 Å². The number of fused-ring (bicyclic) bond motifs is 1. The molecule has 0 amide bonds. The number of benzene rings is 2. The van der Waals surface area contributed by atoms with Gasteiger partial charge in [-0.3, -0.25) is 14.6 Å². The number of ether oxygens (including phenoxy) is 2. The van der Waals surface area contributed by atoms with E-state index in [2.05, 4.69) is 12.0 Å². The van der Waals surface area contributed by atoms with E-state index in [4.69, 9.17) is 9.47 Å². The van der Waals surface area contributed by atoms with Gasteiger partial charge in [0.15, 0.2) is 15.9 Å². The Morgan fingerprint density at radius 3 is 2.19 bits per heavy atom. The number of hydrogen-bond donors (Lipinski definition) is 0. The van der Waals surface area contributed by atoms with Crippen molar-refractivity contribution in [2.24, 2.45) is 11.0 Å². The molecule has 0 radical (unpaired) electrons. The lowest BCUT2D eigenvalue weighted by Gasteiger charge is -2.30. The predicted octanol–water partition coefficient (Wildman–Crippen LogP) is 5.07. The Hall–Kier alpha value is -2.71. The molecule has 4 rings (SSSR count). The summed E-state index contributed by atoms with van der Waals surface area (Å²) in [6.07, 6.45) is 0.383. The standard InChI is InChI=1S/C24H24N2O4S2/c1-4-31-24-25-26-14-17(21(27)15-5-9-18(29-2)10-6-15)13-20(23(26)32-24)22(28)16-7-11-19(30-3)12-8-16/h5-12,17H,4,13-14H2,1-3H3/t17-/m1/s1. The first kappa shape index (κ1) is 22.5. The van der Waals surface area contributed by atoms with Gasteiger partial charge in [-0.25, -0.2) is 0 Å². The average molecular weight is 469 g/mol. The number of methoxy groups -OCH3 is 2. The molecule has 2 aromatic carbocycles. The summed E-state index contributed by atoms with van der Waals surface area (Å²) < 4.78 is 11.3. The maximum absolute atomic E-state index is 13.5. The van der Waals surface area contributed by atoms with Gasteiger partial charge in [-0.15, -0.1) is 0 Å². The highest BCUT2D eigenvalue weighted by atomic mass is 32.2. The molecule has 2 aromatic rings. The van der Waals surface area contributed by atoms with E-state index in [1.54, 1.807) is 74.5 Å². The summed E-state index contributed by atoms with van der Waals surface area (Å²) >= 11 is 3.16. The Bertz CT molecular complexity index is 1080. The van der Waals surface area contributed by atoms with E-state index in [0.717, 1.165) is 15.2 Å². The van der Waals surface area contributed by atoms with Gasteiger partial charge in [0.2, 0.25) is 0 Å². The van der Waals surface area contributed by atoms with Crippen molar-refractivity contribution in [3.8, 4) is 11.5 Å². The minimum absolute atomic E-state index is 0.00327. The molecule has 0 N–H and O–H groups in total. The molecule has 0 spiro atoms. The fourth-order valence-corrected chi connectivity index (χ4v) is 5.76. The second-order valence-electron chi connectivity index (χ2n) is 7.32. The number of ketones is 2. The number of nitrogens with zero attached hydrogens (tertiary/aromatic N) is 2. The molecule has 1 atom stereocenters. The smallest absolute Gasteiger partial charge is 0.191 e. The fraction of sp³-hybridized carbons (Fsp3) is 0.292. The van der Waals surface area contributed by atoms with Gasteiger partial charge in [-0.05, 0) is 72.5 Å². The highest BCUT2D eigenvalue weighted by Crippen LogP contribution is 2.43. The van der Waals surface area contributed by atoms with Crippen molar-refractivity contribution in [1.29, 1.82) is 0 Å². The lowest BCUT2D eigenvalue weighted by Crippen LogP contribution is -2.34. The number of hydrogen-bond acceptors (Lipinski definition) is 8. The van der Waals surface area contributed by atoms with Gasteiger partial charge >= 0.3 is 0 Å². The maximum Gasteiger partial charge on any atom is 0.191 e. The number of hydrazone groups is 1. The molecule has 0 saturated carbocycles. The van der Waals surface area contributed by atoms with Crippen LogP contribution in [0.4, 0.5) is 0 Å². The third kappa shape index (κ3) is 4.56. The Labute approximate surface area is 196 Å². The summed E-state index contributed by atoms with van der Waals surface area (Å²) in [6, 6.07) is 14.2. The number of carbonyl (C=O) groups is 2. The molecule has 0 aliphatic carbocycles. The molecular formula is C24H24N2O4S2. The lowest BCUT2D eigenvalue weighted by molar-refractivity contribution is 0.0877. The lowest BCUT2D eigenvalue weighted by atomic mass is 9.86. The van der Waals surface area contributed by atoms with E-state index in [0.29, 0.717) is 41.2 Å². The molecule has 6 nitrogen and oxygen atoms in total. The van der Waals surface area contributed by atoms with Crippen LogP contribution in [-0.4, -0.2) is 47.5 Å². The zero-order valence-corrected chi connectivity index (χ0v) is 19.8. The third-order valence-corrected chi connectivity index (χ3v) is 7.49. The van der Waals surface area contributed by atoms with Crippen molar-refractivity contribution in [1.82, 2.24) is 5.01 Å². The largest absolute Gasteiger partial charge is 0.497 e. The number of thioether (sulfide) groups is 2. The fourth-order valence-electron chi connectivity index (χ4n) is 3.70. The van der Waals surface area contributed by atoms with Crippen LogP contribution in [0, 0.1) is 5.92 Å². The minimum Gasteiger partial charge on any atom is -0.497 e. The van der Waals surface area contributed by atoms with Crippen LogP contribution in [0.3, 0.4) is 0 Å². The number of Topliss-reactive ketones (excluding diaryl/α,β-unsaturated/α-hetero) is 2. The second kappa shape index (κ2) is 9.83. The first-order valence-corrected chi connectivity index (χ1v) is 12.1. The first-order valence-electron chi connectivity index (χ1n) is 10.3. The molecule has 0 saturated heterocycles. The zero-order valence-electron chi connectivity index (χ0n) is 18.2. The summed E-state index contributed by atoms with van der Waals surface area (Å²) in [7, 11) is 3.19. The van der Waals surface area contributed by atoms with Crippen molar-refractivity contribution in [2.75, 3.05) is 26.5 Å². The van der Waals surface area contributed by atoms with Crippen LogP contribution in [0.1, 0.15) is 34.1 Å². The van der Waals surface area contributed by atoms with Crippen LogP contribution in [0.25, 0.3) is 0 Å². The topological polar surface area (TPSA) is 68.2 Å². The van der Waals surface area contributed by atoms with Crippen LogP contribution < -0.4 is 9.47 Å². The van der Waals surface area contributed by atoms with Crippen molar-refractivity contribution < 1.29 is 19.1 Å². The number of rotatable bonds is 7. The summed E-state index contributed by atoms with van der Waals surface area (Å²) in [5.41, 5.74) is 1.81. The highest BCUT2D eigenvalue weighted by Gasteiger charge is 2.38. The van der Waals surface area contributed by atoms with Crippen molar-refractivity contribution in [3.63, 3.8) is 0 Å². The summed E-state index contributed by atoms with van der Waals surface area (Å²) in [5.74, 6) is 1.85. The molecule has 0 fully saturated rings. The Morgan fingerprint density at radius 1 is 1.03 bits per heavy atom. The molecule has 8 heteroatoms. The predicted molar refractivity (Wildman–Crippen MR) is 130 cm³/mol. The number of allylic oxidation sites excluding steroid dienone is 1. The molecular weight excluding hydrogens is 444 g/mol. The van der Waals surface area contributed by atoms with E-state index < -0.39 is 0 Å². The van der Waals surface area contributed by atoms with Crippen LogP contribution in [-0.2, 0) is 0 Å². The van der Waals surface area contributed by atoms with Gasteiger partial charge in [-0.2, -0.15) is 5.10 Å².